The van der Waals surface area contributed by atoms with E-state index in [1.807, 2.05) is 0 Å². The lowest BCUT2D eigenvalue weighted by molar-refractivity contribution is 0.0623. The fourth-order valence-electron chi connectivity index (χ4n) is 1.01. The summed E-state index contributed by atoms with van der Waals surface area (Å²) in [5, 5.41) is 3.39. The lowest BCUT2D eigenvalue weighted by Gasteiger charge is -2.26. The van der Waals surface area contributed by atoms with Crippen molar-refractivity contribution in [2.45, 2.75) is 19.9 Å². The average Bonchev–Trinajstić information content (AvgIpc) is 1.90. The Morgan fingerprint density at radius 3 is 2.50 bits per heavy atom. The molecule has 1 rings (SSSR count). The van der Waals surface area contributed by atoms with Crippen molar-refractivity contribution < 1.29 is 4.74 Å². The quantitative estimate of drug-likeness (QED) is 0.628. The summed E-state index contributed by atoms with van der Waals surface area (Å²) >= 11 is 0. The highest BCUT2D eigenvalue weighted by molar-refractivity contribution is 5.85. The van der Waals surface area contributed by atoms with E-state index in [9.17, 15) is 0 Å². The lowest BCUT2D eigenvalue weighted by atomic mass is 10.1. The standard InChI is InChI=1S/C7H15NO.ClH/c1-6(2)7-5-9-4-3-8-7;/h6-8H,3-5H2,1-2H3;1H/t7-;/m1./s1. The van der Waals surface area contributed by atoms with E-state index in [0.717, 1.165) is 19.8 Å². The molecule has 1 fully saturated rings. The molecule has 1 N–H and O–H groups in total. The van der Waals surface area contributed by atoms with E-state index in [0.29, 0.717) is 12.0 Å². The molecule has 0 radical (unpaired) electrons. The Bertz CT molecular complexity index is 81.7. The highest BCUT2D eigenvalue weighted by Crippen LogP contribution is 2.04. The third-order valence-electron chi connectivity index (χ3n) is 1.76. The first kappa shape index (κ1) is 10.2. The Morgan fingerprint density at radius 1 is 1.50 bits per heavy atom. The number of nitrogens with one attached hydrogen (secondary N) is 1. The van der Waals surface area contributed by atoms with Crippen LogP contribution in [0.5, 0.6) is 0 Å². The molecule has 1 heterocycles. The second-order valence-electron chi connectivity index (χ2n) is 2.88. The van der Waals surface area contributed by atoms with Crippen molar-refractivity contribution in [2.75, 3.05) is 19.8 Å². The van der Waals surface area contributed by atoms with Gasteiger partial charge in [-0.15, -0.1) is 12.4 Å². The minimum absolute atomic E-state index is 0. The molecular formula is C7H16ClNO. The molecule has 0 aliphatic carbocycles. The maximum absolute atomic E-state index is 5.28. The molecule has 0 aromatic rings. The Balaban J connectivity index is 0.000000810. The molecule has 1 aliphatic heterocycles. The summed E-state index contributed by atoms with van der Waals surface area (Å²) in [6.45, 7) is 7.21. The van der Waals surface area contributed by atoms with Crippen LogP contribution in [0, 0.1) is 5.92 Å². The summed E-state index contributed by atoms with van der Waals surface area (Å²) in [6.07, 6.45) is 0. The second-order valence-corrected chi connectivity index (χ2v) is 2.88. The highest BCUT2D eigenvalue weighted by Gasteiger charge is 2.15. The predicted octanol–water partition coefficient (Wildman–Crippen LogP) is 1.05. The normalized spacial score (nSPS) is 26.1. The van der Waals surface area contributed by atoms with E-state index in [1.54, 1.807) is 0 Å². The Hall–Kier alpha value is 0.210. The van der Waals surface area contributed by atoms with Crippen molar-refractivity contribution in [3.8, 4) is 0 Å². The van der Waals surface area contributed by atoms with E-state index < -0.39 is 0 Å². The zero-order valence-electron chi connectivity index (χ0n) is 6.59. The van der Waals surface area contributed by atoms with Gasteiger partial charge in [0.15, 0.2) is 0 Å². The van der Waals surface area contributed by atoms with Gasteiger partial charge in [-0.2, -0.15) is 0 Å². The van der Waals surface area contributed by atoms with Gasteiger partial charge in [-0.25, -0.2) is 0 Å². The van der Waals surface area contributed by atoms with Crippen molar-refractivity contribution in [1.29, 1.82) is 0 Å². The van der Waals surface area contributed by atoms with Crippen LogP contribution < -0.4 is 5.32 Å². The van der Waals surface area contributed by atoms with Gasteiger partial charge in [0.05, 0.1) is 13.2 Å². The van der Waals surface area contributed by atoms with Crippen molar-refractivity contribution in [3.63, 3.8) is 0 Å². The molecule has 0 bridgehead atoms. The van der Waals surface area contributed by atoms with Crippen molar-refractivity contribution in [3.05, 3.63) is 0 Å². The van der Waals surface area contributed by atoms with E-state index in [2.05, 4.69) is 19.2 Å². The molecule has 10 heavy (non-hydrogen) atoms. The molecular weight excluding hydrogens is 150 g/mol. The zero-order chi connectivity index (χ0) is 6.69. The largest absolute Gasteiger partial charge is 0.379 e. The molecule has 0 saturated carbocycles. The lowest BCUT2D eigenvalue weighted by Crippen LogP contribution is -2.44. The molecule has 0 spiro atoms. The van der Waals surface area contributed by atoms with Crippen LogP contribution >= 0.6 is 12.4 Å². The molecule has 1 aliphatic rings. The molecule has 1 saturated heterocycles. The van der Waals surface area contributed by atoms with Crippen LogP contribution in [0.4, 0.5) is 0 Å². The maximum atomic E-state index is 5.28. The summed E-state index contributed by atoms with van der Waals surface area (Å²) in [5.74, 6) is 0.699. The number of morpholine rings is 1. The van der Waals surface area contributed by atoms with Gasteiger partial charge < -0.3 is 10.1 Å². The van der Waals surface area contributed by atoms with Crippen LogP contribution in [-0.4, -0.2) is 25.8 Å². The monoisotopic (exact) mass is 165 g/mol. The Kier molecular flexibility index (Phi) is 5.04. The molecule has 2 nitrogen and oxygen atoms in total. The SMILES string of the molecule is CC(C)[C@H]1COCCN1.Cl. The highest BCUT2D eigenvalue weighted by atomic mass is 35.5. The average molecular weight is 166 g/mol. The third-order valence-corrected chi connectivity index (χ3v) is 1.76. The van der Waals surface area contributed by atoms with Crippen molar-refractivity contribution in [2.24, 2.45) is 5.92 Å². The van der Waals surface area contributed by atoms with E-state index in [-0.39, 0.29) is 12.4 Å². The van der Waals surface area contributed by atoms with Gasteiger partial charge >= 0.3 is 0 Å². The Morgan fingerprint density at radius 2 is 2.20 bits per heavy atom. The van der Waals surface area contributed by atoms with Gasteiger partial charge in [-0.3, -0.25) is 0 Å². The summed E-state index contributed by atoms with van der Waals surface area (Å²) in [4.78, 5) is 0. The fourth-order valence-corrected chi connectivity index (χ4v) is 1.01. The predicted molar refractivity (Wildman–Crippen MR) is 44.7 cm³/mol. The molecule has 0 unspecified atom stereocenters. The first-order valence-electron chi connectivity index (χ1n) is 3.62. The number of hydrogen-bond acceptors (Lipinski definition) is 2. The van der Waals surface area contributed by atoms with Crippen LogP contribution in [0.2, 0.25) is 0 Å². The van der Waals surface area contributed by atoms with Crippen LogP contribution in [0.1, 0.15) is 13.8 Å². The van der Waals surface area contributed by atoms with Gasteiger partial charge in [0.25, 0.3) is 0 Å². The van der Waals surface area contributed by atoms with Crippen molar-refractivity contribution >= 4 is 12.4 Å². The van der Waals surface area contributed by atoms with E-state index in [4.69, 9.17) is 4.74 Å². The first-order chi connectivity index (χ1) is 4.30. The molecule has 1 atom stereocenters. The minimum Gasteiger partial charge on any atom is -0.379 e. The van der Waals surface area contributed by atoms with E-state index in [1.165, 1.54) is 0 Å². The van der Waals surface area contributed by atoms with Crippen LogP contribution in [0.15, 0.2) is 0 Å². The molecule has 0 aromatic heterocycles. The molecule has 0 amide bonds. The number of halogens is 1. The maximum Gasteiger partial charge on any atom is 0.0622 e. The van der Waals surface area contributed by atoms with Crippen LogP contribution in [-0.2, 0) is 4.74 Å². The summed E-state index contributed by atoms with van der Waals surface area (Å²) < 4.78 is 5.28. The van der Waals surface area contributed by atoms with E-state index >= 15 is 0 Å². The number of hydrogen-bond donors (Lipinski definition) is 1. The smallest absolute Gasteiger partial charge is 0.0622 e. The second kappa shape index (κ2) is 4.94. The molecule has 3 heteroatoms. The third kappa shape index (κ3) is 2.86. The zero-order valence-corrected chi connectivity index (χ0v) is 7.41. The van der Waals surface area contributed by atoms with Gasteiger partial charge in [-0.1, -0.05) is 13.8 Å². The van der Waals surface area contributed by atoms with Crippen LogP contribution in [0.3, 0.4) is 0 Å². The van der Waals surface area contributed by atoms with Gasteiger partial charge in [0.1, 0.15) is 0 Å². The van der Waals surface area contributed by atoms with Crippen LogP contribution in [0.25, 0.3) is 0 Å². The number of ether oxygens (including phenoxy) is 1. The van der Waals surface area contributed by atoms with Crippen molar-refractivity contribution in [1.82, 2.24) is 5.32 Å². The summed E-state index contributed by atoms with van der Waals surface area (Å²) in [6, 6.07) is 0.582. The van der Waals surface area contributed by atoms with Gasteiger partial charge in [0.2, 0.25) is 0 Å². The topological polar surface area (TPSA) is 21.3 Å². The molecule has 62 valence electrons. The van der Waals surface area contributed by atoms with Gasteiger partial charge in [-0.05, 0) is 5.92 Å². The minimum atomic E-state index is 0. The summed E-state index contributed by atoms with van der Waals surface area (Å²) in [5.41, 5.74) is 0. The van der Waals surface area contributed by atoms with Gasteiger partial charge in [0, 0.05) is 12.6 Å². The molecule has 0 aromatic carbocycles. The fraction of sp³-hybridized carbons (Fsp3) is 1.00. The first-order valence-corrected chi connectivity index (χ1v) is 3.62. The summed E-state index contributed by atoms with van der Waals surface area (Å²) in [7, 11) is 0. The number of rotatable bonds is 1. The Labute approximate surface area is 68.7 Å².